The molecule has 0 unspecified atom stereocenters. The van der Waals surface area contributed by atoms with Crippen molar-refractivity contribution < 1.29 is 19.0 Å². The Balaban J connectivity index is 1.20. The number of hydrogen-bond acceptors (Lipinski definition) is 7. The molecule has 0 saturated carbocycles. The first kappa shape index (κ1) is 27.6. The highest BCUT2D eigenvalue weighted by molar-refractivity contribution is 5.94. The Bertz CT molecular complexity index is 1630. The number of H-pyrrole nitrogens is 1. The summed E-state index contributed by atoms with van der Waals surface area (Å²) in [5.74, 6) is 1.30. The number of anilines is 1. The van der Waals surface area contributed by atoms with Crippen LogP contribution in [0.3, 0.4) is 0 Å². The number of ether oxygens (including phenoxy) is 3. The molecule has 2 saturated heterocycles. The lowest BCUT2D eigenvalue weighted by molar-refractivity contribution is 0.0275. The number of para-hydroxylation sites is 1. The molecular formula is C33H35N5O4. The molecule has 0 aliphatic carbocycles. The van der Waals surface area contributed by atoms with Crippen molar-refractivity contribution in [2.24, 2.45) is 0 Å². The average molecular weight is 566 g/mol. The van der Waals surface area contributed by atoms with Gasteiger partial charge >= 0.3 is 6.09 Å². The Labute approximate surface area is 245 Å². The number of rotatable bonds is 5. The van der Waals surface area contributed by atoms with Gasteiger partial charge in [0, 0.05) is 42.9 Å². The Morgan fingerprint density at radius 2 is 1.81 bits per heavy atom. The highest BCUT2D eigenvalue weighted by Gasteiger charge is 2.31. The standard InChI is InChI=1S/C33H35N5O4/c1-33(2,3)42-32(39)38-14-13-26(21-38)41-29-12-9-23(19-24(29)20-34)27-5-4-6-28-30(27)36-31(35-28)22-7-10-25(11-8-22)37-15-17-40-18-16-37/h4-12,19,26H,13-18,21H2,1-3H3,(H,35,36)/t26-/m1/s1. The van der Waals surface area contributed by atoms with Crippen LogP contribution in [0.15, 0.2) is 60.7 Å². The minimum absolute atomic E-state index is 0.206. The summed E-state index contributed by atoms with van der Waals surface area (Å²) in [5.41, 5.74) is 5.65. The van der Waals surface area contributed by atoms with Crippen molar-refractivity contribution in [2.75, 3.05) is 44.3 Å². The Morgan fingerprint density at radius 3 is 2.55 bits per heavy atom. The van der Waals surface area contributed by atoms with Gasteiger partial charge in [0.2, 0.25) is 0 Å². The molecule has 2 aliphatic heterocycles. The second-order valence-electron chi connectivity index (χ2n) is 11.7. The zero-order chi connectivity index (χ0) is 29.3. The van der Waals surface area contributed by atoms with Crippen LogP contribution in [0, 0.1) is 11.3 Å². The number of likely N-dealkylation sites (tertiary alicyclic amines) is 1. The summed E-state index contributed by atoms with van der Waals surface area (Å²) in [6.45, 7) is 9.82. The summed E-state index contributed by atoms with van der Waals surface area (Å²) in [6.07, 6.45) is 0.126. The Hall–Kier alpha value is -4.55. The second-order valence-corrected chi connectivity index (χ2v) is 11.7. The van der Waals surface area contributed by atoms with E-state index in [0.717, 1.165) is 59.9 Å². The Kier molecular flexibility index (Phi) is 7.48. The third-order valence-corrected chi connectivity index (χ3v) is 7.53. The number of aromatic nitrogens is 2. The van der Waals surface area contributed by atoms with Gasteiger partial charge in [-0.25, -0.2) is 9.78 Å². The maximum Gasteiger partial charge on any atom is 0.410 e. The molecule has 2 fully saturated rings. The van der Waals surface area contributed by atoms with Crippen LogP contribution >= 0.6 is 0 Å². The first-order chi connectivity index (χ1) is 20.3. The fourth-order valence-electron chi connectivity index (χ4n) is 5.44. The maximum atomic E-state index is 12.4. The molecule has 0 bridgehead atoms. The number of benzene rings is 3. The van der Waals surface area contributed by atoms with E-state index in [1.54, 1.807) is 4.90 Å². The zero-order valence-electron chi connectivity index (χ0n) is 24.2. The van der Waals surface area contributed by atoms with Crippen LogP contribution < -0.4 is 9.64 Å². The minimum atomic E-state index is -0.550. The molecule has 0 radical (unpaired) electrons. The molecule has 6 rings (SSSR count). The zero-order valence-corrected chi connectivity index (χ0v) is 24.2. The summed E-state index contributed by atoms with van der Waals surface area (Å²) >= 11 is 0. The molecule has 4 aromatic rings. The molecular weight excluding hydrogens is 530 g/mol. The van der Waals surface area contributed by atoms with Gasteiger partial charge in [0.1, 0.15) is 29.3 Å². The number of carbonyl (C=O) groups excluding carboxylic acids is 1. The first-order valence-electron chi connectivity index (χ1n) is 14.4. The number of carbonyl (C=O) groups is 1. The van der Waals surface area contributed by atoms with Gasteiger partial charge in [0.25, 0.3) is 0 Å². The lowest BCUT2D eigenvalue weighted by atomic mass is 10.0. The van der Waals surface area contributed by atoms with E-state index < -0.39 is 5.60 Å². The van der Waals surface area contributed by atoms with Crippen LogP contribution in [0.25, 0.3) is 33.5 Å². The fourth-order valence-corrected chi connectivity index (χ4v) is 5.44. The molecule has 1 atom stereocenters. The third kappa shape index (κ3) is 5.90. The van der Waals surface area contributed by atoms with Crippen LogP contribution in [0.2, 0.25) is 0 Å². The number of aromatic amines is 1. The predicted octanol–water partition coefficient (Wildman–Crippen LogP) is 5.99. The summed E-state index contributed by atoms with van der Waals surface area (Å²) < 4.78 is 17.2. The van der Waals surface area contributed by atoms with E-state index in [9.17, 15) is 10.1 Å². The molecule has 1 amide bonds. The number of fused-ring (bicyclic) bond motifs is 1. The van der Waals surface area contributed by atoms with Gasteiger partial charge in [-0.3, -0.25) is 0 Å². The van der Waals surface area contributed by atoms with Gasteiger partial charge in [0.15, 0.2) is 0 Å². The number of imidazole rings is 1. The SMILES string of the molecule is CC(C)(C)OC(=O)N1CC[C@@H](Oc2ccc(-c3cccc4[nH]c(-c5ccc(N6CCOCC6)cc5)nc34)cc2C#N)C1. The van der Waals surface area contributed by atoms with Gasteiger partial charge in [-0.1, -0.05) is 18.2 Å². The van der Waals surface area contributed by atoms with Crippen molar-refractivity contribution in [2.45, 2.75) is 38.9 Å². The lowest BCUT2D eigenvalue weighted by Crippen LogP contribution is -2.36. The van der Waals surface area contributed by atoms with E-state index in [2.05, 4.69) is 40.2 Å². The molecule has 3 aromatic carbocycles. The maximum absolute atomic E-state index is 12.4. The number of amides is 1. The monoisotopic (exact) mass is 565 g/mol. The van der Waals surface area contributed by atoms with Gasteiger partial charge in [-0.2, -0.15) is 5.26 Å². The number of hydrogen-bond donors (Lipinski definition) is 1. The van der Waals surface area contributed by atoms with Gasteiger partial charge in [-0.05, 0) is 68.8 Å². The predicted molar refractivity (Wildman–Crippen MR) is 162 cm³/mol. The van der Waals surface area contributed by atoms with Crippen LogP contribution in [0.4, 0.5) is 10.5 Å². The highest BCUT2D eigenvalue weighted by Crippen LogP contribution is 2.33. The van der Waals surface area contributed by atoms with Crippen molar-refractivity contribution in [1.82, 2.24) is 14.9 Å². The molecule has 3 heterocycles. The fraction of sp³-hybridized carbons (Fsp3) is 0.364. The molecule has 1 N–H and O–H groups in total. The largest absolute Gasteiger partial charge is 0.487 e. The molecule has 216 valence electrons. The molecule has 42 heavy (non-hydrogen) atoms. The van der Waals surface area contributed by atoms with Gasteiger partial charge < -0.3 is 29.0 Å². The van der Waals surface area contributed by atoms with Crippen molar-refractivity contribution in [1.29, 1.82) is 5.26 Å². The molecule has 0 spiro atoms. The highest BCUT2D eigenvalue weighted by atomic mass is 16.6. The van der Waals surface area contributed by atoms with E-state index >= 15 is 0 Å². The normalized spacial score (nSPS) is 17.3. The van der Waals surface area contributed by atoms with E-state index in [0.29, 0.717) is 30.8 Å². The smallest absolute Gasteiger partial charge is 0.410 e. The summed E-state index contributed by atoms with van der Waals surface area (Å²) in [7, 11) is 0. The van der Waals surface area contributed by atoms with Crippen molar-refractivity contribution in [3.8, 4) is 34.3 Å². The van der Waals surface area contributed by atoms with Crippen molar-refractivity contribution in [3.63, 3.8) is 0 Å². The molecule has 9 nitrogen and oxygen atoms in total. The average Bonchev–Trinajstić information content (AvgIpc) is 3.65. The minimum Gasteiger partial charge on any atom is -0.487 e. The van der Waals surface area contributed by atoms with E-state index in [1.807, 2.05) is 57.2 Å². The quantitative estimate of drug-likeness (QED) is 0.317. The van der Waals surface area contributed by atoms with Gasteiger partial charge in [0.05, 0.1) is 36.4 Å². The number of nitrogens with one attached hydrogen (secondary N) is 1. The summed E-state index contributed by atoms with van der Waals surface area (Å²) in [4.78, 5) is 24.8. The van der Waals surface area contributed by atoms with Crippen molar-refractivity contribution >= 4 is 22.8 Å². The van der Waals surface area contributed by atoms with Crippen LogP contribution in [0.1, 0.15) is 32.8 Å². The van der Waals surface area contributed by atoms with E-state index in [1.165, 1.54) is 5.69 Å². The second kappa shape index (κ2) is 11.4. The molecule has 2 aliphatic rings. The number of nitriles is 1. The van der Waals surface area contributed by atoms with E-state index in [-0.39, 0.29) is 12.2 Å². The van der Waals surface area contributed by atoms with Crippen LogP contribution in [0.5, 0.6) is 5.75 Å². The topological polar surface area (TPSA) is 104 Å². The summed E-state index contributed by atoms with van der Waals surface area (Å²) in [5, 5.41) is 9.97. The Morgan fingerprint density at radius 1 is 1.05 bits per heavy atom. The van der Waals surface area contributed by atoms with E-state index in [4.69, 9.17) is 19.2 Å². The number of nitrogens with zero attached hydrogens (tertiary/aromatic N) is 4. The molecule has 1 aromatic heterocycles. The van der Waals surface area contributed by atoms with Crippen LogP contribution in [-0.4, -0.2) is 72.1 Å². The van der Waals surface area contributed by atoms with Crippen molar-refractivity contribution in [3.05, 3.63) is 66.2 Å². The lowest BCUT2D eigenvalue weighted by Gasteiger charge is -2.28. The first-order valence-corrected chi connectivity index (χ1v) is 14.4. The van der Waals surface area contributed by atoms with Crippen LogP contribution in [-0.2, 0) is 9.47 Å². The molecule has 9 heteroatoms. The number of morpholine rings is 1. The third-order valence-electron chi connectivity index (χ3n) is 7.53. The van der Waals surface area contributed by atoms with Gasteiger partial charge in [-0.15, -0.1) is 0 Å². The summed E-state index contributed by atoms with van der Waals surface area (Å²) in [6, 6.07) is 22.4.